The molecule has 3 nitrogen and oxygen atoms in total. The molecule has 1 unspecified atom stereocenters. The van der Waals surface area contributed by atoms with Gasteiger partial charge in [0.1, 0.15) is 5.82 Å². The summed E-state index contributed by atoms with van der Waals surface area (Å²) < 4.78 is 14.3. The molecular weight excluding hydrogens is 451 g/mol. The molecule has 0 aromatic heterocycles. The molecule has 1 aromatic rings. The molecule has 11 atom stereocenters. The summed E-state index contributed by atoms with van der Waals surface area (Å²) in [6.45, 7) is 9.18. The van der Waals surface area contributed by atoms with E-state index >= 15 is 0 Å². The second-order valence-electron chi connectivity index (χ2n) is 14.0. The normalized spacial score (nSPS) is 44.7. The number of hydrogen-bond acceptors (Lipinski definition) is 3. The van der Waals surface area contributed by atoms with Crippen LogP contribution in [0.4, 0.5) is 4.39 Å². The van der Waals surface area contributed by atoms with Crippen LogP contribution in [-0.4, -0.2) is 27.5 Å². The minimum absolute atomic E-state index is 0.172. The first-order valence-corrected chi connectivity index (χ1v) is 14.8. The molecule has 4 saturated carbocycles. The number of fused-ring (bicyclic) bond motifs is 5. The van der Waals surface area contributed by atoms with Gasteiger partial charge in [-0.1, -0.05) is 45.4 Å². The van der Waals surface area contributed by atoms with Gasteiger partial charge in [0.2, 0.25) is 0 Å². The lowest BCUT2D eigenvalue weighted by molar-refractivity contribution is -0.174. The molecule has 4 aliphatic carbocycles. The van der Waals surface area contributed by atoms with E-state index < -0.39 is 17.8 Å². The first-order valence-electron chi connectivity index (χ1n) is 14.8. The van der Waals surface area contributed by atoms with Crippen LogP contribution in [0.5, 0.6) is 0 Å². The Kier molecular flexibility index (Phi) is 7.14. The Morgan fingerprint density at radius 3 is 2.36 bits per heavy atom. The second kappa shape index (κ2) is 9.65. The number of aliphatic hydroxyl groups is 3. The molecule has 1 aromatic carbocycles. The maximum absolute atomic E-state index is 14.3. The zero-order chi connectivity index (χ0) is 25.9. The van der Waals surface area contributed by atoms with Gasteiger partial charge in [0.15, 0.2) is 0 Å². The largest absolute Gasteiger partial charge is 0.390 e. The van der Waals surface area contributed by atoms with Crippen molar-refractivity contribution in [2.75, 3.05) is 0 Å². The van der Waals surface area contributed by atoms with Crippen molar-refractivity contribution in [3.63, 3.8) is 0 Å². The zero-order valence-electron chi connectivity index (χ0n) is 22.9. The first-order chi connectivity index (χ1) is 17.0. The lowest BCUT2D eigenvalue weighted by Gasteiger charge is -2.62. The maximum Gasteiger partial charge on any atom is 0.129 e. The van der Waals surface area contributed by atoms with Crippen molar-refractivity contribution in [1.82, 2.24) is 0 Å². The minimum atomic E-state index is -1.13. The SMILES string of the molecule is C[C@H](CCCC(C)(O)c1ccccc1F)[C@H]1CC[C@H]2[C@@H]3CC[C@H]4[C@@H](O)[C@@H](O)CC[C@]4(C)[C@H]3CC[C@]12C. The monoisotopic (exact) mass is 500 g/mol. The van der Waals surface area contributed by atoms with Crippen LogP contribution in [0.25, 0.3) is 0 Å². The van der Waals surface area contributed by atoms with Crippen LogP contribution in [0.2, 0.25) is 0 Å². The van der Waals surface area contributed by atoms with E-state index in [0.29, 0.717) is 35.2 Å². The summed E-state index contributed by atoms with van der Waals surface area (Å²) in [7, 11) is 0. The fourth-order valence-electron chi connectivity index (χ4n) is 10.3. The predicted molar refractivity (Wildman–Crippen MR) is 142 cm³/mol. The first kappa shape index (κ1) is 26.6. The van der Waals surface area contributed by atoms with Crippen molar-refractivity contribution in [3.8, 4) is 0 Å². The summed E-state index contributed by atoms with van der Waals surface area (Å²) >= 11 is 0. The van der Waals surface area contributed by atoms with Crippen LogP contribution in [0.3, 0.4) is 0 Å². The van der Waals surface area contributed by atoms with E-state index in [0.717, 1.165) is 43.9 Å². The smallest absolute Gasteiger partial charge is 0.129 e. The van der Waals surface area contributed by atoms with Crippen molar-refractivity contribution in [2.45, 2.75) is 116 Å². The van der Waals surface area contributed by atoms with Crippen LogP contribution in [-0.2, 0) is 5.60 Å². The number of hydrogen-bond donors (Lipinski definition) is 3. The molecule has 0 radical (unpaired) electrons. The molecular formula is C32H49FO3. The Bertz CT molecular complexity index is 932. The van der Waals surface area contributed by atoms with E-state index in [9.17, 15) is 19.7 Å². The third kappa shape index (κ3) is 4.28. The van der Waals surface area contributed by atoms with E-state index in [2.05, 4.69) is 20.8 Å². The van der Waals surface area contributed by atoms with Crippen molar-refractivity contribution >= 4 is 0 Å². The van der Waals surface area contributed by atoms with E-state index in [1.165, 1.54) is 38.2 Å². The molecule has 5 rings (SSSR count). The van der Waals surface area contributed by atoms with Gasteiger partial charge in [-0.2, -0.15) is 0 Å². The third-order valence-electron chi connectivity index (χ3n) is 12.3. The summed E-state index contributed by atoms with van der Waals surface area (Å²) in [5.74, 6) is 3.46. The standard InChI is InChI=1S/C32H49FO3/c1-20(8-7-17-32(4,36)25-9-5-6-10-27(25)33)22-13-14-23-21-11-12-26-29(35)28(34)16-19-31(26,3)24(21)15-18-30(22,23)2/h5-6,9-10,20-24,26,28-29,34-36H,7-8,11-19H2,1-4H3/t20-,21+,22-,23+,24+,26+,28+,29-,30-,31-,32?/m1/s1. The number of rotatable bonds is 6. The fourth-order valence-corrected chi connectivity index (χ4v) is 10.3. The van der Waals surface area contributed by atoms with Crippen molar-refractivity contribution < 1.29 is 19.7 Å². The Labute approximate surface area is 217 Å². The molecule has 4 fully saturated rings. The maximum atomic E-state index is 14.3. The molecule has 3 N–H and O–H groups in total. The molecule has 4 heteroatoms. The highest BCUT2D eigenvalue weighted by Gasteiger charge is 2.61. The topological polar surface area (TPSA) is 60.7 Å². The Balaban J connectivity index is 1.23. The summed E-state index contributed by atoms with van der Waals surface area (Å²) in [6.07, 6.45) is 10.7. The fraction of sp³-hybridized carbons (Fsp3) is 0.812. The number of benzene rings is 1. The van der Waals surface area contributed by atoms with Gasteiger partial charge in [0, 0.05) is 5.56 Å². The minimum Gasteiger partial charge on any atom is -0.390 e. The molecule has 202 valence electrons. The highest BCUT2D eigenvalue weighted by Crippen LogP contribution is 2.68. The van der Waals surface area contributed by atoms with Gasteiger partial charge in [-0.3, -0.25) is 0 Å². The van der Waals surface area contributed by atoms with Crippen LogP contribution in [0.15, 0.2) is 24.3 Å². The van der Waals surface area contributed by atoms with Crippen LogP contribution >= 0.6 is 0 Å². The average molecular weight is 501 g/mol. The van der Waals surface area contributed by atoms with Crippen molar-refractivity contribution in [1.29, 1.82) is 0 Å². The van der Waals surface area contributed by atoms with E-state index in [1.54, 1.807) is 25.1 Å². The van der Waals surface area contributed by atoms with Gasteiger partial charge in [-0.15, -0.1) is 0 Å². The lowest BCUT2D eigenvalue weighted by Crippen LogP contribution is -2.58. The Morgan fingerprint density at radius 1 is 0.944 bits per heavy atom. The van der Waals surface area contributed by atoms with Gasteiger partial charge in [-0.05, 0) is 124 Å². The summed E-state index contributed by atoms with van der Waals surface area (Å²) in [4.78, 5) is 0. The van der Waals surface area contributed by atoms with Crippen LogP contribution in [0.1, 0.15) is 104 Å². The van der Waals surface area contributed by atoms with Gasteiger partial charge < -0.3 is 15.3 Å². The molecule has 0 heterocycles. The highest BCUT2D eigenvalue weighted by molar-refractivity contribution is 5.23. The van der Waals surface area contributed by atoms with Gasteiger partial charge in [0.25, 0.3) is 0 Å². The van der Waals surface area contributed by atoms with Crippen LogP contribution in [0, 0.1) is 52.2 Å². The van der Waals surface area contributed by atoms with Crippen molar-refractivity contribution in [3.05, 3.63) is 35.6 Å². The van der Waals surface area contributed by atoms with Gasteiger partial charge in [0.05, 0.1) is 17.8 Å². The average Bonchev–Trinajstić information content (AvgIpc) is 3.19. The molecule has 0 aliphatic heterocycles. The van der Waals surface area contributed by atoms with E-state index in [-0.39, 0.29) is 17.2 Å². The second-order valence-corrected chi connectivity index (χ2v) is 14.0. The van der Waals surface area contributed by atoms with E-state index in [4.69, 9.17) is 0 Å². The molecule has 0 spiro atoms. The van der Waals surface area contributed by atoms with Crippen molar-refractivity contribution in [2.24, 2.45) is 46.3 Å². The quantitative estimate of drug-likeness (QED) is 0.401. The molecule has 4 aliphatic rings. The summed E-state index contributed by atoms with van der Waals surface area (Å²) in [5, 5.41) is 32.1. The number of halogens is 1. The van der Waals surface area contributed by atoms with E-state index in [1.807, 2.05) is 0 Å². The number of aliphatic hydroxyl groups excluding tert-OH is 2. The van der Waals surface area contributed by atoms with Gasteiger partial charge in [-0.25, -0.2) is 4.39 Å². The molecule has 36 heavy (non-hydrogen) atoms. The summed E-state index contributed by atoms with van der Waals surface area (Å²) in [5.41, 5.74) is -0.166. The Hall–Kier alpha value is -0.970. The molecule has 0 amide bonds. The zero-order valence-corrected chi connectivity index (χ0v) is 22.9. The summed E-state index contributed by atoms with van der Waals surface area (Å²) in [6, 6.07) is 6.62. The lowest BCUT2D eigenvalue weighted by atomic mass is 9.44. The highest BCUT2D eigenvalue weighted by atomic mass is 19.1. The van der Waals surface area contributed by atoms with Gasteiger partial charge >= 0.3 is 0 Å². The van der Waals surface area contributed by atoms with Crippen LogP contribution < -0.4 is 0 Å². The Morgan fingerprint density at radius 2 is 1.61 bits per heavy atom. The molecule has 0 bridgehead atoms. The predicted octanol–water partition coefficient (Wildman–Crippen LogP) is 6.83. The third-order valence-corrected chi connectivity index (χ3v) is 12.3. The molecule has 0 saturated heterocycles.